The maximum absolute atomic E-state index is 6.34. The Morgan fingerprint density at radius 2 is 1.07 bits per heavy atom. The Labute approximate surface area is 254 Å². The van der Waals surface area contributed by atoms with Crippen molar-refractivity contribution < 1.29 is 4.42 Å². The van der Waals surface area contributed by atoms with Gasteiger partial charge in [-0.2, -0.15) is 0 Å². The summed E-state index contributed by atoms with van der Waals surface area (Å²) in [6.45, 7) is 0. The first-order valence-corrected chi connectivity index (χ1v) is 14.9. The van der Waals surface area contributed by atoms with Gasteiger partial charge in [0.25, 0.3) is 0 Å². The highest BCUT2D eigenvalue weighted by Gasteiger charge is 2.17. The average molecular weight is 563 g/mol. The molecule has 2 aromatic heterocycles. The summed E-state index contributed by atoms with van der Waals surface area (Å²) in [5.41, 5.74) is 10.8. The number of aromatic nitrogens is 2. The Morgan fingerprint density at radius 1 is 0.455 bits per heavy atom. The SMILES string of the molecule is c1ccc(-c2ccc(-c3nc4ccccc4n3-c3ccc(-c4cc5c6ccccc6oc5c5ccccc45)cc3)cc2)cc1. The van der Waals surface area contributed by atoms with E-state index in [9.17, 15) is 0 Å². The maximum atomic E-state index is 6.34. The maximum Gasteiger partial charge on any atom is 0.145 e. The second-order valence-corrected chi connectivity index (χ2v) is 11.2. The summed E-state index contributed by atoms with van der Waals surface area (Å²) in [7, 11) is 0. The van der Waals surface area contributed by atoms with E-state index in [-0.39, 0.29) is 0 Å². The molecule has 0 amide bonds. The Morgan fingerprint density at radius 3 is 1.89 bits per heavy atom. The summed E-state index contributed by atoms with van der Waals surface area (Å²) < 4.78 is 8.61. The molecule has 0 saturated carbocycles. The molecule has 44 heavy (non-hydrogen) atoms. The van der Waals surface area contributed by atoms with Gasteiger partial charge < -0.3 is 4.42 Å². The number of rotatable bonds is 4. The lowest BCUT2D eigenvalue weighted by molar-refractivity contribution is 0.672. The third-order valence-electron chi connectivity index (χ3n) is 8.63. The van der Waals surface area contributed by atoms with Crippen LogP contribution in [-0.2, 0) is 0 Å². The van der Waals surface area contributed by atoms with Crippen molar-refractivity contribution in [3.63, 3.8) is 0 Å². The van der Waals surface area contributed by atoms with Gasteiger partial charge in [-0.1, -0.05) is 121 Å². The van der Waals surface area contributed by atoms with Gasteiger partial charge >= 0.3 is 0 Å². The van der Waals surface area contributed by atoms with E-state index < -0.39 is 0 Å². The fraction of sp³-hybridized carbons (Fsp3) is 0. The van der Waals surface area contributed by atoms with Crippen molar-refractivity contribution in [1.29, 1.82) is 0 Å². The highest BCUT2D eigenvalue weighted by Crippen LogP contribution is 2.40. The highest BCUT2D eigenvalue weighted by molar-refractivity contribution is 6.19. The normalized spacial score (nSPS) is 11.6. The van der Waals surface area contributed by atoms with Gasteiger partial charge in [-0.25, -0.2) is 4.98 Å². The van der Waals surface area contributed by atoms with Gasteiger partial charge in [0.1, 0.15) is 17.0 Å². The minimum Gasteiger partial charge on any atom is -0.455 e. The van der Waals surface area contributed by atoms with Crippen molar-refractivity contribution in [3.8, 4) is 39.3 Å². The van der Waals surface area contributed by atoms with Gasteiger partial charge in [0.2, 0.25) is 0 Å². The second kappa shape index (κ2) is 9.82. The highest BCUT2D eigenvalue weighted by atomic mass is 16.3. The Bertz CT molecular complexity index is 2470. The van der Waals surface area contributed by atoms with E-state index in [0.717, 1.165) is 61.0 Å². The molecule has 0 spiro atoms. The second-order valence-electron chi connectivity index (χ2n) is 11.2. The molecule has 0 fully saturated rings. The largest absolute Gasteiger partial charge is 0.455 e. The van der Waals surface area contributed by atoms with Crippen LogP contribution < -0.4 is 0 Å². The number of fused-ring (bicyclic) bond motifs is 6. The summed E-state index contributed by atoms with van der Waals surface area (Å²) in [5, 5.41) is 4.58. The lowest BCUT2D eigenvalue weighted by atomic mass is 9.95. The fourth-order valence-corrected chi connectivity index (χ4v) is 6.50. The van der Waals surface area contributed by atoms with Gasteiger partial charge in [0, 0.05) is 27.4 Å². The Balaban J connectivity index is 1.18. The minimum atomic E-state index is 0.913. The van der Waals surface area contributed by atoms with Crippen molar-refractivity contribution >= 4 is 43.7 Å². The molecule has 0 bridgehead atoms. The van der Waals surface area contributed by atoms with E-state index in [2.05, 4.69) is 138 Å². The van der Waals surface area contributed by atoms with Gasteiger partial charge in [0.15, 0.2) is 0 Å². The molecule has 2 heterocycles. The summed E-state index contributed by atoms with van der Waals surface area (Å²) >= 11 is 0. The van der Waals surface area contributed by atoms with Gasteiger partial charge in [-0.3, -0.25) is 4.57 Å². The number of nitrogens with zero attached hydrogens (tertiary/aromatic N) is 2. The van der Waals surface area contributed by atoms with Crippen LogP contribution in [0.5, 0.6) is 0 Å². The summed E-state index contributed by atoms with van der Waals surface area (Å²) in [6.07, 6.45) is 0. The fourth-order valence-electron chi connectivity index (χ4n) is 6.50. The molecule has 7 aromatic carbocycles. The van der Waals surface area contributed by atoms with Gasteiger partial charge in [-0.15, -0.1) is 0 Å². The summed E-state index contributed by atoms with van der Waals surface area (Å²) in [5.74, 6) is 0.926. The van der Waals surface area contributed by atoms with E-state index >= 15 is 0 Å². The molecule has 0 radical (unpaired) electrons. The quantitative estimate of drug-likeness (QED) is 0.214. The summed E-state index contributed by atoms with van der Waals surface area (Å²) in [6, 6.07) is 55.5. The number of para-hydroxylation sites is 3. The third kappa shape index (κ3) is 3.87. The van der Waals surface area contributed by atoms with Crippen LogP contribution in [0.25, 0.3) is 83.1 Å². The molecule has 0 atom stereocenters. The zero-order valence-electron chi connectivity index (χ0n) is 23.8. The lowest BCUT2D eigenvalue weighted by Crippen LogP contribution is -1.97. The standard InChI is InChI=1S/C41H26N2O/c1-2-10-27(11-3-1)28-18-20-30(21-19-28)41-42-37-15-7-8-16-38(37)43(41)31-24-22-29(23-25-31)35-26-36-33-13-6-9-17-39(33)44-40(36)34-14-5-4-12-32(34)35/h1-26H. The number of furan rings is 1. The molecule has 0 aliphatic carbocycles. The topological polar surface area (TPSA) is 31.0 Å². The molecule has 9 aromatic rings. The van der Waals surface area contributed by atoms with Crippen molar-refractivity contribution in [2.45, 2.75) is 0 Å². The van der Waals surface area contributed by atoms with Crippen LogP contribution in [0.3, 0.4) is 0 Å². The minimum absolute atomic E-state index is 0.913. The molecule has 3 heteroatoms. The van der Waals surface area contributed by atoms with Crippen molar-refractivity contribution in [3.05, 3.63) is 158 Å². The molecule has 9 rings (SSSR count). The first kappa shape index (κ1) is 24.6. The molecule has 0 N–H and O–H groups in total. The van der Waals surface area contributed by atoms with Crippen molar-refractivity contribution in [1.82, 2.24) is 9.55 Å². The van der Waals surface area contributed by atoms with Crippen LogP contribution in [0.4, 0.5) is 0 Å². The van der Waals surface area contributed by atoms with E-state index in [1.807, 2.05) is 24.3 Å². The van der Waals surface area contributed by atoms with E-state index in [4.69, 9.17) is 9.40 Å². The molecule has 0 aliphatic heterocycles. The van der Waals surface area contributed by atoms with E-state index in [1.54, 1.807) is 0 Å². The Kier molecular flexibility index (Phi) is 5.50. The Hall–Kier alpha value is -5.93. The molecule has 3 nitrogen and oxygen atoms in total. The van der Waals surface area contributed by atoms with Gasteiger partial charge in [-0.05, 0) is 64.0 Å². The third-order valence-corrected chi connectivity index (χ3v) is 8.63. The number of benzene rings is 7. The number of hydrogen-bond donors (Lipinski definition) is 0. The smallest absolute Gasteiger partial charge is 0.145 e. The van der Waals surface area contributed by atoms with Crippen LogP contribution in [0.1, 0.15) is 0 Å². The van der Waals surface area contributed by atoms with Crippen LogP contribution in [0.2, 0.25) is 0 Å². The number of hydrogen-bond acceptors (Lipinski definition) is 2. The van der Waals surface area contributed by atoms with Crippen LogP contribution in [0, 0.1) is 0 Å². The molecular formula is C41H26N2O. The lowest BCUT2D eigenvalue weighted by Gasteiger charge is -2.13. The van der Waals surface area contributed by atoms with Crippen LogP contribution in [-0.4, -0.2) is 9.55 Å². The van der Waals surface area contributed by atoms with E-state index in [1.165, 1.54) is 22.1 Å². The molecule has 0 unspecified atom stereocenters. The molecule has 0 aliphatic rings. The van der Waals surface area contributed by atoms with Crippen molar-refractivity contribution in [2.24, 2.45) is 0 Å². The molecular weight excluding hydrogens is 536 g/mol. The first-order valence-electron chi connectivity index (χ1n) is 14.9. The van der Waals surface area contributed by atoms with Gasteiger partial charge in [0.05, 0.1) is 11.0 Å². The van der Waals surface area contributed by atoms with E-state index in [0.29, 0.717) is 0 Å². The predicted molar refractivity (Wildman–Crippen MR) is 182 cm³/mol. The average Bonchev–Trinajstić information content (AvgIpc) is 3.68. The first-order chi connectivity index (χ1) is 21.8. The van der Waals surface area contributed by atoms with Crippen molar-refractivity contribution in [2.75, 3.05) is 0 Å². The zero-order chi connectivity index (χ0) is 29.0. The molecule has 206 valence electrons. The number of imidazole rings is 1. The zero-order valence-corrected chi connectivity index (χ0v) is 23.8. The van der Waals surface area contributed by atoms with Crippen LogP contribution >= 0.6 is 0 Å². The predicted octanol–water partition coefficient (Wildman–Crippen LogP) is 11.1. The molecule has 0 saturated heterocycles. The van der Waals surface area contributed by atoms with Crippen LogP contribution in [0.15, 0.2) is 162 Å². The monoisotopic (exact) mass is 562 g/mol. The summed E-state index contributed by atoms with van der Waals surface area (Å²) in [4.78, 5) is 5.09.